The van der Waals surface area contributed by atoms with Crippen LogP contribution in [0, 0.1) is 18.6 Å². The van der Waals surface area contributed by atoms with Gasteiger partial charge in [0, 0.05) is 0 Å². The first-order valence-corrected chi connectivity index (χ1v) is 7.51. The van der Waals surface area contributed by atoms with Crippen molar-refractivity contribution in [2.75, 3.05) is 4.72 Å². The molecule has 112 valence electrons. The van der Waals surface area contributed by atoms with Gasteiger partial charge in [-0.05, 0) is 30.2 Å². The summed E-state index contributed by atoms with van der Waals surface area (Å²) < 4.78 is 53.9. The number of hydrogen-bond acceptors (Lipinski definition) is 3. The zero-order chi connectivity index (χ0) is 15.6. The van der Waals surface area contributed by atoms with E-state index in [1.807, 2.05) is 4.72 Å². The lowest BCUT2D eigenvalue weighted by atomic mass is 10.2. The van der Waals surface area contributed by atoms with Gasteiger partial charge >= 0.3 is 0 Å². The molecule has 0 atom stereocenters. The number of anilines is 1. The summed E-state index contributed by atoms with van der Waals surface area (Å²) in [5.74, 6) is -1.98. The highest BCUT2D eigenvalue weighted by Gasteiger charge is 2.22. The van der Waals surface area contributed by atoms with Crippen LogP contribution in [-0.4, -0.2) is 13.5 Å². The summed E-state index contributed by atoms with van der Waals surface area (Å²) in [6, 6.07) is 7.87. The summed E-state index contributed by atoms with van der Waals surface area (Å²) in [6.07, 6.45) is 0. The third-order valence-electron chi connectivity index (χ3n) is 2.95. The molecular formula is C14H13F2NO3S. The third kappa shape index (κ3) is 3.03. The summed E-state index contributed by atoms with van der Waals surface area (Å²) in [5, 5.41) is 9.16. The van der Waals surface area contributed by atoms with Crippen molar-refractivity contribution in [3.8, 4) is 0 Å². The minimum Gasteiger partial charge on any atom is -0.392 e. The van der Waals surface area contributed by atoms with Crippen molar-refractivity contribution >= 4 is 15.7 Å². The van der Waals surface area contributed by atoms with Gasteiger partial charge < -0.3 is 5.11 Å². The number of aliphatic hydroxyl groups is 1. The first-order valence-electron chi connectivity index (χ1n) is 6.03. The van der Waals surface area contributed by atoms with Gasteiger partial charge in [-0.15, -0.1) is 0 Å². The van der Waals surface area contributed by atoms with E-state index in [1.54, 1.807) is 6.07 Å². The molecule has 4 nitrogen and oxygen atoms in total. The van der Waals surface area contributed by atoms with Gasteiger partial charge in [-0.3, -0.25) is 4.72 Å². The van der Waals surface area contributed by atoms with E-state index in [9.17, 15) is 17.2 Å². The number of rotatable bonds is 4. The smallest absolute Gasteiger partial charge is 0.262 e. The Morgan fingerprint density at radius 3 is 2.48 bits per heavy atom. The zero-order valence-corrected chi connectivity index (χ0v) is 11.9. The van der Waals surface area contributed by atoms with Crippen molar-refractivity contribution in [3.05, 3.63) is 59.2 Å². The van der Waals surface area contributed by atoms with Crippen molar-refractivity contribution in [2.24, 2.45) is 0 Å². The molecule has 0 amide bonds. The molecule has 0 radical (unpaired) electrons. The SMILES string of the molecule is Cc1ccc(F)c(NS(=O)(=O)c2ccccc2CO)c1F. The zero-order valence-electron chi connectivity index (χ0n) is 11.1. The van der Waals surface area contributed by atoms with Crippen LogP contribution in [0.2, 0.25) is 0 Å². The molecule has 0 aromatic heterocycles. The molecule has 2 N–H and O–H groups in total. The van der Waals surface area contributed by atoms with Gasteiger partial charge in [-0.2, -0.15) is 0 Å². The average molecular weight is 313 g/mol. The van der Waals surface area contributed by atoms with Crippen LogP contribution in [0.25, 0.3) is 0 Å². The van der Waals surface area contributed by atoms with Gasteiger partial charge in [-0.25, -0.2) is 17.2 Å². The number of sulfonamides is 1. The number of aryl methyl sites for hydroxylation is 1. The molecule has 0 bridgehead atoms. The van der Waals surface area contributed by atoms with Crippen LogP contribution in [0.5, 0.6) is 0 Å². The first kappa shape index (κ1) is 15.4. The molecular weight excluding hydrogens is 300 g/mol. The topological polar surface area (TPSA) is 66.4 Å². The Hall–Kier alpha value is -1.99. The molecule has 0 aliphatic heterocycles. The Morgan fingerprint density at radius 2 is 1.81 bits per heavy atom. The quantitative estimate of drug-likeness (QED) is 0.911. The minimum atomic E-state index is -4.21. The Balaban J connectivity index is 2.50. The summed E-state index contributed by atoms with van der Waals surface area (Å²) in [4.78, 5) is -0.229. The first-order chi connectivity index (χ1) is 9.86. The van der Waals surface area contributed by atoms with Crippen LogP contribution >= 0.6 is 0 Å². The van der Waals surface area contributed by atoms with Crippen molar-refractivity contribution in [1.29, 1.82) is 0 Å². The molecule has 2 rings (SSSR count). The number of nitrogens with one attached hydrogen (secondary N) is 1. The minimum absolute atomic E-state index is 0.115. The molecule has 7 heteroatoms. The van der Waals surface area contributed by atoms with Crippen LogP contribution in [0.1, 0.15) is 11.1 Å². The Morgan fingerprint density at radius 1 is 1.14 bits per heavy atom. The molecule has 0 saturated carbocycles. The predicted molar refractivity (Wildman–Crippen MR) is 74.3 cm³/mol. The van der Waals surface area contributed by atoms with Crippen LogP contribution in [0.15, 0.2) is 41.3 Å². The molecule has 0 aliphatic rings. The lowest BCUT2D eigenvalue weighted by Crippen LogP contribution is -2.17. The maximum atomic E-state index is 13.9. The fourth-order valence-electron chi connectivity index (χ4n) is 1.84. The average Bonchev–Trinajstić information content (AvgIpc) is 2.47. The van der Waals surface area contributed by atoms with Gasteiger partial charge in [0.25, 0.3) is 10.0 Å². The van der Waals surface area contributed by atoms with E-state index in [2.05, 4.69) is 0 Å². The third-order valence-corrected chi connectivity index (χ3v) is 4.40. The Bertz CT molecular complexity index is 776. The predicted octanol–water partition coefficient (Wildman–Crippen LogP) is 2.57. The highest BCUT2D eigenvalue weighted by atomic mass is 32.2. The van der Waals surface area contributed by atoms with E-state index in [1.165, 1.54) is 31.2 Å². The number of benzene rings is 2. The molecule has 2 aromatic carbocycles. The van der Waals surface area contributed by atoms with Gasteiger partial charge in [-0.1, -0.05) is 24.3 Å². The van der Waals surface area contributed by atoms with Crippen molar-refractivity contribution in [1.82, 2.24) is 0 Å². The second-order valence-electron chi connectivity index (χ2n) is 4.42. The van der Waals surface area contributed by atoms with Crippen LogP contribution < -0.4 is 4.72 Å². The second-order valence-corrected chi connectivity index (χ2v) is 6.08. The summed E-state index contributed by atoms with van der Waals surface area (Å²) in [7, 11) is -4.21. The van der Waals surface area contributed by atoms with E-state index < -0.39 is 34.0 Å². The summed E-state index contributed by atoms with van der Waals surface area (Å²) in [6.45, 7) is 0.893. The maximum absolute atomic E-state index is 13.9. The molecule has 0 heterocycles. The monoisotopic (exact) mass is 313 g/mol. The fourth-order valence-corrected chi connectivity index (χ4v) is 3.14. The molecule has 0 unspecified atom stereocenters. The summed E-state index contributed by atoms with van der Waals surface area (Å²) >= 11 is 0. The van der Waals surface area contributed by atoms with E-state index in [-0.39, 0.29) is 16.0 Å². The van der Waals surface area contributed by atoms with E-state index in [0.29, 0.717) is 0 Å². The fraction of sp³-hybridized carbons (Fsp3) is 0.143. The number of halogens is 2. The van der Waals surface area contributed by atoms with Gasteiger partial charge in [0.2, 0.25) is 0 Å². The highest BCUT2D eigenvalue weighted by Crippen LogP contribution is 2.26. The Labute approximate surface area is 121 Å². The van der Waals surface area contributed by atoms with Crippen LogP contribution in [0.3, 0.4) is 0 Å². The van der Waals surface area contributed by atoms with Crippen LogP contribution in [-0.2, 0) is 16.6 Å². The van der Waals surface area contributed by atoms with E-state index in [0.717, 1.165) is 6.07 Å². The lowest BCUT2D eigenvalue weighted by Gasteiger charge is -2.13. The standard InChI is InChI=1S/C14H13F2NO3S/c1-9-6-7-11(15)14(13(9)16)17-21(19,20)12-5-3-2-4-10(12)8-18/h2-7,17-18H,8H2,1H3. The molecule has 2 aromatic rings. The van der Waals surface area contributed by atoms with Crippen molar-refractivity contribution in [2.45, 2.75) is 18.4 Å². The van der Waals surface area contributed by atoms with E-state index in [4.69, 9.17) is 5.11 Å². The van der Waals surface area contributed by atoms with Gasteiger partial charge in [0.15, 0.2) is 5.82 Å². The lowest BCUT2D eigenvalue weighted by molar-refractivity contribution is 0.278. The number of hydrogen-bond donors (Lipinski definition) is 2. The Kier molecular flexibility index (Phi) is 4.24. The van der Waals surface area contributed by atoms with Crippen molar-refractivity contribution in [3.63, 3.8) is 0 Å². The van der Waals surface area contributed by atoms with Gasteiger partial charge in [0.1, 0.15) is 11.5 Å². The van der Waals surface area contributed by atoms with E-state index >= 15 is 0 Å². The molecule has 0 fully saturated rings. The maximum Gasteiger partial charge on any atom is 0.262 e. The molecule has 21 heavy (non-hydrogen) atoms. The van der Waals surface area contributed by atoms with Gasteiger partial charge in [0.05, 0.1) is 11.5 Å². The van der Waals surface area contributed by atoms with Crippen LogP contribution in [0.4, 0.5) is 14.5 Å². The molecule has 0 aliphatic carbocycles. The normalized spacial score (nSPS) is 11.4. The molecule has 0 spiro atoms. The summed E-state index contributed by atoms with van der Waals surface area (Å²) in [5.41, 5.74) is -0.481. The molecule has 0 saturated heterocycles. The van der Waals surface area contributed by atoms with Crippen molar-refractivity contribution < 1.29 is 22.3 Å². The number of aliphatic hydroxyl groups excluding tert-OH is 1. The second kappa shape index (κ2) is 5.79. The largest absolute Gasteiger partial charge is 0.392 e. The highest BCUT2D eigenvalue weighted by molar-refractivity contribution is 7.92.